The molecule has 2 saturated heterocycles. The topological polar surface area (TPSA) is 52.1 Å². The molecule has 172 valence electrons. The van der Waals surface area contributed by atoms with Gasteiger partial charge in [0, 0.05) is 45.5 Å². The summed E-state index contributed by atoms with van der Waals surface area (Å²) >= 11 is 0. The largest absolute Gasteiger partial charge is 0.379 e. The average molecular weight is 436 g/mol. The minimum Gasteiger partial charge on any atom is -0.379 e. The number of rotatable bonds is 7. The molecule has 32 heavy (non-hydrogen) atoms. The Bertz CT molecular complexity index is 860. The zero-order chi connectivity index (χ0) is 22.2. The first-order chi connectivity index (χ1) is 15.7. The van der Waals surface area contributed by atoms with Gasteiger partial charge in [0.15, 0.2) is 5.96 Å². The maximum Gasteiger partial charge on any atom is 0.191 e. The molecular weight excluding hydrogens is 398 g/mol. The first kappa shape index (κ1) is 22.6. The molecule has 0 spiro atoms. The molecule has 2 aliphatic rings. The van der Waals surface area contributed by atoms with Crippen LogP contribution in [0.15, 0.2) is 59.6 Å². The number of morpholine rings is 1. The fourth-order valence-electron chi connectivity index (χ4n) is 4.66. The minimum absolute atomic E-state index is 0.169. The lowest BCUT2D eigenvalue weighted by Crippen LogP contribution is -2.46. The van der Waals surface area contributed by atoms with Crippen molar-refractivity contribution in [2.75, 3.05) is 57.9 Å². The fraction of sp³-hybridized carbons (Fsp3) is 0.500. The number of benzene rings is 2. The Morgan fingerprint density at radius 3 is 2.41 bits per heavy atom. The molecule has 2 aromatic carbocycles. The van der Waals surface area contributed by atoms with Gasteiger partial charge in [-0.3, -0.25) is 9.89 Å². The van der Waals surface area contributed by atoms with Gasteiger partial charge in [-0.2, -0.15) is 0 Å². The molecule has 2 unspecified atom stereocenters. The summed E-state index contributed by atoms with van der Waals surface area (Å²) in [6.07, 6.45) is 2.58. The predicted molar refractivity (Wildman–Crippen MR) is 132 cm³/mol. The van der Waals surface area contributed by atoms with E-state index < -0.39 is 0 Å². The average Bonchev–Trinajstić information content (AvgIpc) is 3.40. The van der Waals surface area contributed by atoms with E-state index in [0.29, 0.717) is 0 Å². The fourth-order valence-corrected chi connectivity index (χ4v) is 4.66. The van der Waals surface area contributed by atoms with Crippen molar-refractivity contribution >= 4 is 11.6 Å². The van der Waals surface area contributed by atoms with E-state index in [1.807, 2.05) is 7.05 Å². The van der Waals surface area contributed by atoms with Crippen LogP contribution in [-0.4, -0.2) is 63.8 Å². The number of guanidine groups is 1. The second-order valence-corrected chi connectivity index (χ2v) is 8.68. The van der Waals surface area contributed by atoms with Gasteiger partial charge >= 0.3 is 0 Å². The molecule has 0 aromatic heterocycles. The summed E-state index contributed by atoms with van der Waals surface area (Å²) in [6.45, 7) is 8.81. The molecule has 2 N–H and O–H groups in total. The van der Waals surface area contributed by atoms with E-state index in [1.54, 1.807) is 0 Å². The Kier molecular flexibility index (Phi) is 8.02. The zero-order valence-corrected chi connectivity index (χ0v) is 19.5. The normalized spacial score (nSPS) is 19.6. The van der Waals surface area contributed by atoms with Gasteiger partial charge in [-0.15, -0.1) is 0 Å². The number of ether oxygens (including phenoxy) is 1. The smallest absolute Gasteiger partial charge is 0.191 e. The summed E-state index contributed by atoms with van der Waals surface area (Å²) in [5.74, 6) is 0.832. The molecule has 6 heteroatoms. The highest BCUT2D eigenvalue weighted by atomic mass is 16.5. The molecule has 2 aliphatic heterocycles. The second-order valence-electron chi connectivity index (χ2n) is 8.68. The summed E-state index contributed by atoms with van der Waals surface area (Å²) in [5, 5.41) is 7.17. The van der Waals surface area contributed by atoms with Crippen LogP contribution >= 0.6 is 0 Å². The van der Waals surface area contributed by atoms with Gasteiger partial charge < -0.3 is 20.3 Å². The number of hydrogen-bond donors (Lipinski definition) is 2. The Labute approximate surface area is 192 Å². The van der Waals surface area contributed by atoms with Crippen molar-refractivity contribution in [2.45, 2.75) is 31.8 Å². The highest BCUT2D eigenvalue weighted by Gasteiger charge is 2.23. The predicted octanol–water partition coefficient (Wildman–Crippen LogP) is 3.59. The number of nitrogens with one attached hydrogen (secondary N) is 2. The van der Waals surface area contributed by atoms with Gasteiger partial charge in [-0.05, 0) is 43.0 Å². The molecule has 6 nitrogen and oxygen atoms in total. The van der Waals surface area contributed by atoms with Crippen molar-refractivity contribution in [2.24, 2.45) is 4.99 Å². The number of nitrogens with zero attached hydrogens (tertiary/aromatic N) is 3. The SMILES string of the molecule is CN=C(NCC(c1ccccc1)N1CCOCC1)NC(C)c1cccc(N2CCCC2)c1. The lowest BCUT2D eigenvalue weighted by atomic mass is 10.0. The maximum absolute atomic E-state index is 5.58. The Morgan fingerprint density at radius 2 is 1.69 bits per heavy atom. The van der Waals surface area contributed by atoms with Gasteiger partial charge in [0.05, 0.1) is 25.3 Å². The van der Waals surface area contributed by atoms with E-state index in [0.717, 1.165) is 51.9 Å². The van der Waals surface area contributed by atoms with Crippen molar-refractivity contribution in [1.82, 2.24) is 15.5 Å². The molecule has 0 radical (unpaired) electrons. The van der Waals surface area contributed by atoms with E-state index in [4.69, 9.17) is 4.74 Å². The Morgan fingerprint density at radius 1 is 0.969 bits per heavy atom. The maximum atomic E-state index is 5.58. The van der Waals surface area contributed by atoms with Gasteiger partial charge in [-0.1, -0.05) is 42.5 Å². The monoisotopic (exact) mass is 435 g/mol. The van der Waals surface area contributed by atoms with Crippen molar-refractivity contribution in [3.8, 4) is 0 Å². The van der Waals surface area contributed by atoms with Crippen LogP contribution in [0, 0.1) is 0 Å². The molecule has 2 atom stereocenters. The third-order valence-electron chi connectivity index (χ3n) is 6.55. The number of hydrogen-bond acceptors (Lipinski definition) is 4. The van der Waals surface area contributed by atoms with E-state index in [2.05, 4.69) is 86.9 Å². The van der Waals surface area contributed by atoms with Gasteiger partial charge in [0.2, 0.25) is 0 Å². The molecule has 2 heterocycles. The quantitative estimate of drug-likeness (QED) is 0.514. The first-order valence-electron chi connectivity index (χ1n) is 11.9. The van der Waals surface area contributed by atoms with Crippen molar-refractivity contribution in [3.63, 3.8) is 0 Å². The molecule has 2 fully saturated rings. The van der Waals surface area contributed by atoms with Crippen LogP contribution in [0.25, 0.3) is 0 Å². The van der Waals surface area contributed by atoms with Gasteiger partial charge in [-0.25, -0.2) is 0 Å². The lowest BCUT2D eigenvalue weighted by Gasteiger charge is -2.35. The molecule has 0 aliphatic carbocycles. The highest BCUT2D eigenvalue weighted by Crippen LogP contribution is 2.24. The second kappa shape index (κ2) is 11.3. The standard InChI is InChI=1S/C26H37N5O/c1-21(23-11-8-12-24(19-23)30-13-6-7-14-30)29-26(27-2)28-20-25(22-9-4-3-5-10-22)31-15-17-32-18-16-31/h3-5,8-12,19,21,25H,6-7,13-18,20H2,1-2H3,(H2,27,28,29). The van der Waals surface area contributed by atoms with Gasteiger partial charge in [0.25, 0.3) is 0 Å². The third-order valence-corrected chi connectivity index (χ3v) is 6.55. The minimum atomic E-state index is 0.169. The van der Waals surface area contributed by atoms with Gasteiger partial charge in [0.1, 0.15) is 0 Å². The van der Waals surface area contributed by atoms with Crippen LogP contribution in [0.5, 0.6) is 0 Å². The third kappa shape index (κ3) is 5.81. The lowest BCUT2D eigenvalue weighted by molar-refractivity contribution is 0.0170. The van der Waals surface area contributed by atoms with Crippen molar-refractivity contribution in [3.05, 3.63) is 65.7 Å². The van der Waals surface area contributed by atoms with E-state index >= 15 is 0 Å². The summed E-state index contributed by atoms with van der Waals surface area (Å²) in [6, 6.07) is 20.1. The zero-order valence-electron chi connectivity index (χ0n) is 19.5. The van der Waals surface area contributed by atoms with E-state index in [1.165, 1.54) is 29.7 Å². The molecule has 0 saturated carbocycles. The number of aliphatic imine (C=N–C) groups is 1. The molecule has 4 rings (SSSR count). The van der Waals surface area contributed by atoms with E-state index in [9.17, 15) is 0 Å². The molecular formula is C26H37N5O. The van der Waals surface area contributed by atoms with Crippen LogP contribution in [0.4, 0.5) is 5.69 Å². The summed E-state index contributed by atoms with van der Waals surface area (Å²) < 4.78 is 5.58. The van der Waals surface area contributed by atoms with Crippen LogP contribution < -0.4 is 15.5 Å². The Balaban J connectivity index is 1.39. The molecule has 0 bridgehead atoms. The molecule has 0 amide bonds. The van der Waals surface area contributed by atoms with Crippen LogP contribution in [-0.2, 0) is 4.74 Å². The first-order valence-corrected chi connectivity index (χ1v) is 11.9. The summed E-state index contributed by atoms with van der Waals surface area (Å²) in [5.41, 5.74) is 3.93. The van der Waals surface area contributed by atoms with Crippen LogP contribution in [0.2, 0.25) is 0 Å². The molecule has 2 aromatic rings. The summed E-state index contributed by atoms with van der Waals surface area (Å²) in [7, 11) is 1.84. The summed E-state index contributed by atoms with van der Waals surface area (Å²) in [4.78, 5) is 9.49. The van der Waals surface area contributed by atoms with E-state index in [-0.39, 0.29) is 12.1 Å². The van der Waals surface area contributed by atoms with Crippen LogP contribution in [0.1, 0.15) is 43.0 Å². The Hall–Kier alpha value is -2.57. The van der Waals surface area contributed by atoms with Crippen molar-refractivity contribution in [1.29, 1.82) is 0 Å². The van der Waals surface area contributed by atoms with Crippen LogP contribution in [0.3, 0.4) is 0 Å². The van der Waals surface area contributed by atoms with Crippen molar-refractivity contribution < 1.29 is 4.74 Å². The number of anilines is 1. The highest BCUT2D eigenvalue weighted by molar-refractivity contribution is 5.80.